The maximum Gasteiger partial charge on any atom is 0.269 e. The van der Waals surface area contributed by atoms with Crippen molar-refractivity contribution in [3.8, 4) is 50.9 Å². The second-order valence-electron chi connectivity index (χ2n) is 27.8. The Bertz CT molecular complexity index is 3640. The van der Waals surface area contributed by atoms with Crippen LogP contribution in [0.25, 0.3) is 72.3 Å². The highest BCUT2D eigenvalue weighted by Gasteiger charge is 2.25. The molecular formula is C72H80N4O. The van der Waals surface area contributed by atoms with Crippen molar-refractivity contribution in [2.24, 2.45) is 21.7 Å². The number of nitrogens with zero attached hydrogens (tertiary/aromatic N) is 4. The number of para-hydroxylation sites is 4. The topological polar surface area (TPSA) is 35.9 Å². The fraction of sp³-hybridized carbons (Fsp3) is 0.333. The number of pyridine rings is 1. The maximum absolute atomic E-state index is 6.89. The fourth-order valence-electron chi connectivity index (χ4n) is 11.5. The van der Waals surface area contributed by atoms with Crippen LogP contribution < -0.4 is 9.30 Å². The first-order chi connectivity index (χ1) is 36.2. The van der Waals surface area contributed by atoms with Gasteiger partial charge in [0.2, 0.25) is 0 Å². The van der Waals surface area contributed by atoms with Crippen LogP contribution in [0.2, 0.25) is 0 Å². The van der Waals surface area contributed by atoms with Crippen LogP contribution in [-0.2, 0) is 31.1 Å². The first-order valence-corrected chi connectivity index (χ1v) is 27.9. The minimum atomic E-state index is -0.0229. The van der Waals surface area contributed by atoms with Gasteiger partial charge in [-0.05, 0) is 151 Å². The molecule has 0 radical (unpaired) electrons. The van der Waals surface area contributed by atoms with Gasteiger partial charge in [-0.15, -0.1) is 0 Å². The van der Waals surface area contributed by atoms with Crippen LogP contribution in [0.5, 0.6) is 11.5 Å². The zero-order chi connectivity index (χ0) is 54.8. The third-order valence-corrected chi connectivity index (χ3v) is 14.3. The van der Waals surface area contributed by atoms with E-state index >= 15 is 0 Å². The van der Waals surface area contributed by atoms with Gasteiger partial charge in [0.1, 0.15) is 17.3 Å². The van der Waals surface area contributed by atoms with Crippen LogP contribution in [0.4, 0.5) is 0 Å². The highest BCUT2D eigenvalue weighted by molar-refractivity contribution is 6.09. The molecule has 10 aromatic rings. The summed E-state index contributed by atoms with van der Waals surface area (Å²) in [7, 11) is 0. The smallest absolute Gasteiger partial charge is 0.269 e. The molecule has 0 aliphatic rings. The third kappa shape index (κ3) is 12.0. The Morgan fingerprint density at radius 2 is 0.961 bits per heavy atom. The third-order valence-electron chi connectivity index (χ3n) is 14.3. The molecule has 0 aliphatic carbocycles. The van der Waals surface area contributed by atoms with Gasteiger partial charge < -0.3 is 4.74 Å². The molecule has 0 saturated heterocycles. The highest BCUT2D eigenvalue weighted by atomic mass is 16.5. The van der Waals surface area contributed by atoms with Crippen molar-refractivity contribution in [1.29, 1.82) is 0 Å². The van der Waals surface area contributed by atoms with Gasteiger partial charge in [-0.25, -0.2) is 4.98 Å². The molecule has 5 nitrogen and oxygen atoms in total. The van der Waals surface area contributed by atoms with E-state index < -0.39 is 0 Å². The Labute approximate surface area is 459 Å². The van der Waals surface area contributed by atoms with E-state index in [9.17, 15) is 0 Å². The summed E-state index contributed by atoms with van der Waals surface area (Å²) in [6.07, 6.45) is 9.85. The number of fused-ring (bicyclic) bond motifs is 4. The predicted molar refractivity (Wildman–Crippen MR) is 325 cm³/mol. The van der Waals surface area contributed by atoms with E-state index in [0.29, 0.717) is 0 Å². The largest absolute Gasteiger partial charge is 0.458 e. The Kier molecular flexibility index (Phi) is 13.8. The predicted octanol–water partition coefficient (Wildman–Crippen LogP) is 19.0. The molecule has 0 unspecified atom stereocenters. The molecule has 0 atom stereocenters. The molecule has 7 aromatic carbocycles. The summed E-state index contributed by atoms with van der Waals surface area (Å²) < 4.78 is 13.7. The molecule has 5 heteroatoms. The molecule has 0 amide bonds. The van der Waals surface area contributed by atoms with Gasteiger partial charge in [0.05, 0.1) is 33.4 Å². The van der Waals surface area contributed by atoms with Crippen LogP contribution in [0.1, 0.15) is 132 Å². The zero-order valence-electron chi connectivity index (χ0n) is 48.6. The van der Waals surface area contributed by atoms with E-state index in [1.165, 1.54) is 55.5 Å². The summed E-state index contributed by atoms with van der Waals surface area (Å²) in [6, 6.07) is 58.2. The summed E-state index contributed by atoms with van der Waals surface area (Å²) in [4.78, 5) is 4.93. The normalized spacial score (nSPS) is 12.8. The van der Waals surface area contributed by atoms with Crippen molar-refractivity contribution >= 4 is 32.8 Å². The monoisotopic (exact) mass is 1020 g/mol. The van der Waals surface area contributed by atoms with Gasteiger partial charge in [-0.1, -0.05) is 207 Å². The second-order valence-corrected chi connectivity index (χ2v) is 27.8. The van der Waals surface area contributed by atoms with E-state index in [0.717, 1.165) is 81.8 Å². The van der Waals surface area contributed by atoms with E-state index in [2.05, 4.69) is 276 Å². The fourth-order valence-corrected chi connectivity index (χ4v) is 11.5. The van der Waals surface area contributed by atoms with E-state index in [1.807, 2.05) is 12.3 Å². The molecule has 3 heterocycles. The summed E-state index contributed by atoms with van der Waals surface area (Å²) in [6.45, 7) is 34.9. The molecule has 10 rings (SSSR count). The lowest BCUT2D eigenvalue weighted by Crippen LogP contribution is -2.31. The summed E-state index contributed by atoms with van der Waals surface area (Å²) in [5.41, 5.74) is 18.3. The molecule has 77 heavy (non-hydrogen) atoms. The molecule has 394 valence electrons. The highest BCUT2D eigenvalue weighted by Crippen LogP contribution is 2.41. The van der Waals surface area contributed by atoms with Crippen molar-refractivity contribution in [1.82, 2.24) is 14.1 Å². The number of hydrogen-bond donors (Lipinski definition) is 0. The average molecular weight is 1020 g/mol. The quantitative estimate of drug-likeness (QED) is 0.0956. The minimum Gasteiger partial charge on any atom is -0.458 e. The van der Waals surface area contributed by atoms with Crippen LogP contribution in [0.15, 0.2) is 164 Å². The number of benzene rings is 7. The SMILES string of the molecule is CC(C)(C)Cc1cc(CC(C)(C)C)cc(-c2cccc(-c3cc(CC(C)(C)C)cc(CC(C)(C)C)c3)c2-[n+]2[c-]n(-c3cccc(Oc4ccc5c6ccccc6n(-c6cc(C(C)(C)C)ccn6)c5c4)c3)c3ccccc32)c1. The molecule has 0 aliphatic heterocycles. The molecule has 3 aromatic heterocycles. The first-order valence-electron chi connectivity index (χ1n) is 27.9. The number of aromatic nitrogens is 4. The van der Waals surface area contributed by atoms with E-state index in [-0.39, 0.29) is 27.1 Å². The Balaban J connectivity index is 1.14. The van der Waals surface area contributed by atoms with Crippen LogP contribution >= 0.6 is 0 Å². The van der Waals surface area contributed by atoms with Gasteiger partial charge in [0.15, 0.2) is 0 Å². The van der Waals surface area contributed by atoms with Crippen molar-refractivity contribution < 1.29 is 9.30 Å². The van der Waals surface area contributed by atoms with Gasteiger partial charge >= 0.3 is 0 Å². The summed E-state index contributed by atoms with van der Waals surface area (Å²) >= 11 is 0. The van der Waals surface area contributed by atoms with Gasteiger partial charge in [-0.2, -0.15) is 0 Å². The molecule has 0 bridgehead atoms. The Morgan fingerprint density at radius 1 is 0.455 bits per heavy atom. The number of rotatable bonds is 11. The maximum atomic E-state index is 6.89. The number of ether oxygens (including phenoxy) is 1. The van der Waals surface area contributed by atoms with Crippen LogP contribution in [-0.4, -0.2) is 14.1 Å². The molecule has 0 fully saturated rings. The van der Waals surface area contributed by atoms with E-state index in [1.54, 1.807) is 0 Å². The van der Waals surface area contributed by atoms with Crippen molar-refractivity contribution in [3.05, 3.63) is 198 Å². The first kappa shape index (κ1) is 53.2. The summed E-state index contributed by atoms with van der Waals surface area (Å²) in [5.74, 6) is 2.38. The standard InChI is InChI=1S/C72H80N4O/c1-68(2,3)43-48-34-49(44-69(4,5)6)37-52(36-48)58-25-21-26-59(53-38-50(45-70(7,8)9)35-51(39-53)46-71(10,11)12)67(58)75-47-74(63-28-18-19-29-64(63)75)55-22-20-23-56(41-55)77-57-30-31-61-60-24-16-17-27-62(60)76(65(61)42-57)66-40-54(32-33-73-66)72(13,14)15/h16-42H,43-46H2,1-15H3. The van der Waals surface area contributed by atoms with E-state index in [4.69, 9.17) is 9.72 Å². The lowest BCUT2D eigenvalue weighted by Gasteiger charge is -2.24. The van der Waals surface area contributed by atoms with Crippen molar-refractivity contribution in [2.75, 3.05) is 0 Å². The van der Waals surface area contributed by atoms with Gasteiger partial charge in [0.25, 0.3) is 6.33 Å². The zero-order valence-corrected chi connectivity index (χ0v) is 48.6. The Morgan fingerprint density at radius 3 is 1.52 bits per heavy atom. The molecular weight excluding hydrogens is 937 g/mol. The minimum absolute atomic E-state index is 0.0229. The van der Waals surface area contributed by atoms with Gasteiger partial charge in [0, 0.05) is 23.0 Å². The lowest BCUT2D eigenvalue weighted by molar-refractivity contribution is -0.571. The molecule has 0 saturated carbocycles. The average Bonchev–Trinajstić information content (AvgIpc) is 3.87. The van der Waals surface area contributed by atoms with Crippen LogP contribution in [0, 0.1) is 28.0 Å². The van der Waals surface area contributed by atoms with Crippen LogP contribution in [0.3, 0.4) is 0 Å². The van der Waals surface area contributed by atoms with Crippen molar-refractivity contribution in [3.63, 3.8) is 0 Å². The van der Waals surface area contributed by atoms with Gasteiger partial charge in [-0.3, -0.25) is 13.7 Å². The molecule has 0 spiro atoms. The number of hydrogen-bond acceptors (Lipinski definition) is 2. The second kappa shape index (κ2) is 20.0. The summed E-state index contributed by atoms with van der Waals surface area (Å²) in [5, 5.41) is 2.33. The lowest BCUT2D eigenvalue weighted by atomic mass is 9.82. The van der Waals surface area contributed by atoms with Crippen molar-refractivity contribution in [2.45, 2.75) is 135 Å². The molecule has 0 N–H and O–H groups in total. The number of imidazole rings is 1. The Hall–Kier alpha value is -7.24.